The highest BCUT2D eigenvalue weighted by Gasteiger charge is 2.31. The summed E-state index contributed by atoms with van der Waals surface area (Å²) in [5, 5.41) is 16.1. The maximum absolute atomic E-state index is 10.7. The Morgan fingerprint density at radius 2 is 2.56 bits per heavy atom. The van der Waals surface area contributed by atoms with E-state index in [9.17, 15) is 4.79 Å². The Hall–Kier alpha value is -1.47. The SMILES string of the molecule is CCOC1COCC1n1cc(C(=O)O)nn1. The van der Waals surface area contributed by atoms with E-state index < -0.39 is 5.97 Å². The van der Waals surface area contributed by atoms with Gasteiger partial charge >= 0.3 is 5.97 Å². The molecule has 1 fully saturated rings. The largest absolute Gasteiger partial charge is 0.476 e. The third kappa shape index (κ3) is 2.05. The zero-order chi connectivity index (χ0) is 11.5. The number of carboxylic acid groups (broad SMARTS) is 1. The first-order valence-corrected chi connectivity index (χ1v) is 5.07. The summed E-state index contributed by atoms with van der Waals surface area (Å²) >= 11 is 0. The predicted octanol–water partition coefficient (Wildman–Crippen LogP) is -0.0473. The highest BCUT2D eigenvalue weighted by Crippen LogP contribution is 2.21. The second-order valence-corrected chi connectivity index (χ2v) is 3.49. The number of ether oxygens (including phenoxy) is 2. The van der Waals surface area contributed by atoms with Gasteiger partial charge in [-0.2, -0.15) is 0 Å². The molecule has 7 heteroatoms. The van der Waals surface area contributed by atoms with E-state index in [-0.39, 0.29) is 17.8 Å². The van der Waals surface area contributed by atoms with E-state index in [0.29, 0.717) is 19.8 Å². The number of rotatable bonds is 4. The zero-order valence-corrected chi connectivity index (χ0v) is 8.87. The molecule has 1 aromatic rings. The molecule has 0 spiro atoms. The van der Waals surface area contributed by atoms with E-state index in [1.165, 1.54) is 10.9 Å². The second-order valence-electron chi connectivity index (χ2n) is 3.49. The van der Waals surface area contributed by atoms with Gasteiger partial charge in [-0.05, 0) is 6.92 Å². The average Bonchev–Trinajstić information content (AvgIpc) is 2.84. The van der Waals surface area contributed by atoms with Crippen molar-refractivity contribution in [3.8, 4) is 0 Å². The molecule has 0 amide bonds. The number of hydrogen-bond acceptors (Lipinski definition) is 5. The molecular weight excluding hydrogens is 214 g/mol. The number of carbonyl (C=O) groups is 1. The summed E-state index contributed by atoms with van der Waals surface area (Å²) in [5.74, 6) is -1.09. The highest BCUT2D eigenvalue weighted by molar-refractivity contribution is 5.84. The normalized spacial score (nSPS) is 24.8. The molecular formula is C9H13N3O4. The van der Waals surface area contributed by atoms with Crippen LogP contribution in [0.5, 0.6) is 0 Å². The maximum Gasteiger partial charge on any atom is 0.358 e. The molecule has 2 unspecified atom stereocenters. The molecule has 1 aliphatic heterocycles. The third-order valence-corrected chi connectivity index (χ3v) is 2.45. The minimum Gasteiger partial charge on any atom is -0.476 e. The van der Waals surface area contributed by atoms with Gasteiger partial charge in [-0.25, -0.2) is 9.48 Å². The Balaban J connectivity index is 2.13. The van der Waals surface area contributed by atoms with Crippen molar-refractivity contribution in [2.45, 2.75) is 19.1 Å². The molecule has 16 heavy (non-hydrogen) atoms. The zero-order valence-electron chi connectivity index (χ0n) is 8.87. The maximum atomic E-state index is 10.7. The monoisotopic (exact) mass is 227 g/mol. The quantitative estimate of drug-likeness (QED) is 0.776. The predicted molar refractivity (Wildman–Crippen MR) is 52.3 cm³/mol. The van der Waals surface area contributed by atoms with E-state index in [2.05, 4.69) is 10.3 Å². The van der Waals surface area contributed by atoms with Crippen LogP contribution in [0.15, 0.2) is 6.20 Å². The Morgan fingerprint density at radius 1 is 1.75 bits per heavy atom. The first kappa shape index (κ1) is 11.0. The molecule has 0 bridgehead atoms. The van der Waals surface area contributed by atoms with Crippen LogP contribution in [0.25, 0.3) is 0 Å². The Morgan fingerprint density at radius 3 is 3.19 bits per heavy atom. The summed E-state index contributed by atoms with van der Waals surface area (Å²) in [6.07, 6.45) is 1.31. The van der Waals surface area contributed by atoms with Crippen LogP contribution in [-0.2, 0) is 9.47 Å². The Kier molecular flexibility index (Phi) is 3.16. The minimum absolute atomic E-state index is 0.0675. The van der Waals surface area contributed by atoms with Crippen LogP contribution in [-0.4, -0.2) is 52.0 Å². The number of aromatic nitrogens is 3. The average molecular weight is 227 g/mol. The van der Waals surface area contributed by atoms with E-state index in [4.69, 9.17) is 14.6 Å². The molecule has 2 heterocycles. The fraction of sp³-hybridized carbons (Fsp3) is 0.667. The molecule has 0 radical (unpaired) electrons. The number of carboxylic acids is 1. The molecule has 1 aromatic heterocycles. The summed E-state index contributed by atoms with van der Waals surface area (Å²) in [6, 6.07) is -0.0967. The fourth-order valence-electron chi connectivity index (χ4n) is 1.68. The summed E-state index contributed by atoms with van der Waals surface area (Å²) in [5.41, 5.74) is -0.0675. The van der Waals surface area contributed by atoms with Gasteiger partial charge in [0.25, 0.3) is 0 Å². The van der Waals surface area contributed by atoms with Gasteiger partial charge < -0.3 is 14.6 Å². The van der Waals surface area contributed by atoms with Gasteiger partial charge in [0.05, 0.1) is 19.4 Å². The lowest BCUT2D eigenvalue weighted by Gasteiger charge is -2.16. The van der Waals surface area contributed by atoms with Crippen molar-refractivity contribution in [1.82, 2.24) is 15.0 Å². The van der Waals surface area contributed by atoms with Crippen molar-refractivity contribution < 1.29 is 19.4 Å². The van der Waals surface area contributed by atoms with Crippen LogP contribution in [0.4, 0.5) is 0 Å². The first-order valence-electron chi connectivity index (χ1n) is 5.07. The van der Waals surface area contributed by atoms with Gasteiger partial charge in [0.2, 0.25) is 0 Å². The Labute approximate surface area is 92.0 Å². The molecule has 0 aromatic carbocycles. The molecule has 1 aliphatic rings. The topological polar surface area (TPSA) is 86.5 Å². The van der Waals surface area contributed by atoms with Gasteiger partial charge in [-0.1, -0.05) is 5.21 Å². The fourth-order valence-corrected chi connectivity index (χ4v) is 1.68. The van der Waals surface area contributed by atoms with Crippen molar-refractivity contribution in [2.75, 3.05) is 19.8 Å². The third-order valence-electron chi connectivity index (χ3n) is 2.45. The summed E-state index contributed by atoms with van der Waals surface area (Å²) in [6.45, 7) is 3.46. The summed E-state index contributed by atoms with van der Waals surface area (Å²) < 4.78 is 12.3. The molecule has 2 atom stereocenters. The van der Waals surface area contributed by atoms with E-state index in [1.807, 2.05) is 6.92 Å². The van der Waals surface area contributed by atoms with Crippen LogP contribution < -0.4 is 0 Å². The van der Waals surface area contributed by atoms with Crippen molar-refractivity contribution in [3.05, 3.63) is 11.9 Å². The lowest BCUT2D eigenvalue weighted by atomic mass is 10.2. The van der Waals surface area contributed by atoms with Crippen LogP contribution in [0.3, 0.4) is 0 Å². The first-order chi connectivity index (χ1) is 7.72. The second kappa shape index (κ2) is 4.58. The lowest BCUT2D eigenvalue weighted by Crippen LogP contribution is -2.26. The molecule has 2 rings (SSSR count). The van der Waals surface area contributed by atoms with Crippen molar-refractivity contribution >= 4 is 5.97 Å². The highest BCUT2D eigenvalue weighted by atomic mass is 16.5. The molecule has 0 saturated carbocycles. The van der Waals surface area contributed by atoms with E-state index in [1.54, 1.807) is 0 Å². The van der Waals surface area contributed by atoms with Crippen molar-refractivity contribution in [1.29, 1.82) is 0 Å². The van der Waals surface area contributed by atoms with Crippen LogP contribution >= 0.6 is 0 Å². The van der Waals surface area contributed by atoms with Gasteiger partial charge in [-0.3, -0.25) is 0 Å². The van der Waals surface area contributed by atoms with Crippen LogP contribution in [0.2, 0.25) is 0 Å². The smallest absolute Gasteiger partial charge is 0.358 e. The minimum atomic E-state index is -1.09. The van der Waals surface area contributed by atoms with E-state index >= 15 is 0 Å². The Bertz CT molecular complexity index is 379. The number of aromatic carboxylic acids is 1. The molecule has 1 N–H and O–H groups in total. The van der Waals surface area contributed by atoms with Crippen molar-refractivity contribution in [2.24, 2.45) is 0 Å². The van der Waals surface area contributed by atoms with E-state index in [0.717, 1.165) is 0 Å². The van der Waals surface area contributed by atoms with Gasteiger partial charge in [0.15, 0.2) is 5.69 Å². The molecule has 7 nitrogen and oxygen atoms in total. The van der Waals surface area contributed by atoms with Crippen molar-refractivity contribution in [3.63, 3.8) is 0 Å². The van der Waals surface area contributed by atoms with Gasteiger partial charge in [-0.15, -0.1) is 5.10 Å². The summed E-state index contributed by atoms with van der Waals surface area (Å²) in [7, 11) is 0. The number of nitrogens with zero attached hydrogens (tertiary/aromatic N) is 3. The van der Waals surface area contributed by atoms with Crippen LogP contribution in [0.1, 0.15) is 23.5 Å². The molecule has 0 aliphatic carbocycles. The molecule has 88 valence electrons. The van der Waals surface area contributed by atoms with Crippen LogP contribution in [0, 0.1) is 0 Å². The number of hydrogen-bond donors (Lipinski definition) is 1. The molecule has 1 saturated heterocycles. The standard InChI is InChI=1S/C9H13N3O4/c1-2-16-8-5-15-4-7(8)12-3-6(9(13)14)10-11-12/h3,7-8H,2,4-5H2,1H3,(H,13,14). The van der Waals surface area contributed by atoms with Gasteiger partial charge in [0.1, 0.15) is 12.1 Å². The lowest BCUT2D eigenvalue weighted by molar-refractivity contribution is 0.0339. The summed E-state index contributed by atoms with van der Waals surface area (Å²) in [4.78, 5) is 10.7. The van der Waals surface area contributed by atoms with Gasteiger partial charge in [0, 0.05) is 6.61 Å².